The highest BCUT2D eigenvalue weighted by atomic mass is 19.4. The number of benzene rings is 2. The third kappa shape index (κ3) is 5.54. The monoisotopic (exact) mass is 543 g/mol. The fraction of sp³-hybridized carbons (Fsp3) is 0.375. The predicted octanol–water partition coefficient (Wildman–Crippen LogP) is 4.87. The van der Waals surface area contributed by atoms with Crippen molar-refractivity contribution in [3.05, 3.63) is 70.9 Å². The van der Waals surface area contributed by atoms with Crippen molar-refractivity contribution in [3.63, 3.8) is 0 Å². The standard InChI is InChI=1S/C24H23F6N5O3/c1-14-3-5-15(6-4-14)18-13-22(24(28,29)30,31-20(36)19(18)35-21(37)32-33-34-35)16-7-9-17(10-8-16)38-12-2-11-23(25,26)27/h3-10,21,37H,2,11-13H2,1H3,(H,31,36)(H,32,34)/t21?,22-/m0/s1. The molecule has 0 radical (unpaired) electrons. The zero-order valence-electron chi connectivity index (χ0n) is 19.9. The van der Waals surface area contributed by atoms with E-state index in [1.54, 1.807) is 31.2 Å². The Kier molecular flexibility index (Phi) is 7.28. The van der Waals surface area contributed by atoms with Gasteiger partial charge in [-0.05, 0) is 47.4 Å². The molecule has 1 unspecified atom stereocenters. The number of alkyl halides is 6. The number of carbonyl (C=O) groups excluding carboxylic acids is 1. The Balaban J connectivity index is 1.71. The summed E-state index contributed by atoms with van der Waals surface area (Å²) >= 11 is 0. The smallest absolute Gasteiger partial charge is 0.416 e. The average Bonchev–Trinajstić information content (AvgIpc) is 3.26. The first-order chi connectivity index (χ1) is 17.8. The normalized spacial score (nSPS) is 21.9. The number of amides is 1. The zero-order chi connectivity index (χ0) is 27.7. The topological polar surface area (TPSA) is 98.5 Å². The molecule has 2 atom stereocenters. The summed E-state index contributed by atoms with van der Waals surface area (Å²) in [4.78, 5) is 13.3. The molecule has 0 fully saturated rings. The van der Waals surface area contributed by atoms with Gasteiger partial charge in [-0.1, -0.05) is 47.2 Å². The van der Waals surface area contributed by atoms with Crippen molar-refractivity contribution in [3.8, 4) is 5.75 Å². The van der Waals surface area contributed by atoms with E-state index in [2.05, 4.69) is 21.2 Å². The average molecular weight is 543 g/mol. The molecule has 4 rings (SSSR count). The van der Waals surface area contributed by atoms with E-state index >= 15 is 0 Å². The molecule has 2 aromatic rings. The van der Waals surface area contributed by atoms with Crippen LogP contribution < -0.4 is 15.5 Å². The third-order valence-electron chi connectivity index (χ3n) is 6.15. The van der Waals surface area contributed by atoms with Gasteiger partial charge in [-0.2, -0.15) is 31.4 Å². The van der Waals surface area contributed by atoms with Gasteiger partial charge in [0.1, 0.15) is 11.4 Å². The summed E-state index contributed by atoms with van der Waals surface area (Å²) < 4.78 is 86.5. The Bertz CT molecular complexity index is 1230. The highest BCUT2D eigenvalue weighted by Crippen LogP contribution is 2.49. The lowest BCUT2D eigenvalue weighted by molar-refractivity contribution is -0.202. The lowest BCUT2D eigenvalue weighted by atomic mass is 9.77. The molecule has 0 aromatic heterocycles. The number of aliphatic hydroxyl groups excluding tert-OH is 1. The van der Waals surface area contributed by atoms with Crippen molar-refractivity contribution in [1.82, 2.24) is 15.8 Å². The number of hydrogen-bond acceptors (Lipinski definition) is 7. The van der Waals surface area contributed by atoms with Gasteiger partial charge in [0.2, 0.25) is 6.35 Å². The molecule has 204 valence electrons. The largest absolute Gasteiger partial charge is 0.494 e. The molecule has 2 aliphatic rings. The van der Waals surface area contributed by atoms with Crippen LogP contribution in [0.15, 0.2) is 64.7 Å². The van der Waals surface area contributed by atoms with E-state index in [1.807, 2.05) is 0 Å². The molecular formula is C24H23F6N5O3. The fourth-order valence-corrected chi connectivity index (χ4v) is 4.22. The lowest BCUT2D eigenvalue weighted by Crippen LogP contribution is -2.60. The number of nitrogens with one attached hydrogen (secondary N) is 2. The number of aryl methyl sites for hydroxylation is 1. The highest BCUT2D eigenvalue weighted by molar-refractivity contribution is 6.03. The SMILES string of the molecule is Cc1ccc(C2=C(N3N=NNC3O)C(=O)N[C@@](c3ccc(OCCCC(F)(F)F)cc3)(C(F)(F)F)C2)cc1. The van der Waals surface area contributed by atoms with Crippen molar-refractivity contribution < 1.29 is 41.0 Å². The van der Waals surface area contributed by atoms with Gasteiger partial charge in [0, 0.05) is 12.8 Å². The molecule has 2 aromatic carbocycles. The second-order valence-electron chi connectivity index (χ2n) is 8.86. The maximum atomic E-state index is 14.8. The molecule has 3 N–H and O–H groups in total. The van der Waals surface area contributed by atoms with Crippen molar-refractivity contribution in [1.29, 1.82) is 0 Å². The summed E-state index contributed by atoms with van der Waals surface area (Å²) in [7, 11) is 0. The summed E-state index contributed by atoms with van der Waals surface area (Å²) in [5.74, 6) is -1.06. The van der Waals surface area contributed by atoms with Crippen LogP contribution in [-0.4, -0.2) is 41.3 Å². The molecule has 1 amide bonds. The minimum Gasteiger partial charge on any atom is -0.494 e. The van der Waals surface area contributed by atoms with E-state index in [0.29, 0.717) is 5.56 Å². The Labute approximate surface area is 212 Å². The number of rotatable bonds is 7. The van der Waals surface area contributed by atoms with Gasteiger partial charge in [-0.25, -0.2) is 5.43 Å². The van der Waals surface area contributed by atoms with E-state index in [-0.39, 0.29) is 35.6 Å². The van der Waals surface area contributed by atoms with Gasteiger partial charge in [0.25, 0.3) is 5.91 Å². The Hall–Kier alpha value is -3.81. The molecular weight excluding hydrogens is 520 g/mol. The van der Waals surface area contributed by atoms with Gasteiger partial charge < -0.3 is 15.2 Å². The van der Waals surface area contributed by atoms with Crippen LogP contribution in [0.1, 0.15) is 36.0 Å². The van der Waals surface area contributed by atoms with Crippen LogP contribution in [0.2, 0.25) is 0 Å². The molecule has 0 saturated carbocycles. The molecule has 0 bridgehead atoms. The Morgan fingerprint density at radius 1 is 1.08 bits per heavy atom. The number of halogens is 6. The first-order valence-electron chi connectivity index (χ1n) is 11.4. The third-order valence-corrected chi connectivity index (χ3v) is 6.15. The van der Waals surface area contributed by atoms with E-state index in [0.717, 1.165) is 22.7 Å². The molecule has 14 heteroatoms. The van der Waals surface area contributed by atoms with Crippen LogP contribution >= 0.6 is 0 Å². The summed E-state index contributed by atoms with van der Waals surface area (Å²) in [6.07, 6.45) is -13.0. The number of nitrogens with zero attached hydrogens (tertiary/aromatic N) is 3. The van der Waals surface area contributed by atoms with Gasteiger partial charge in [-0.3, -0.25) is 4.79 Å². The second kappa shape index (κ2) is 10.2. The first-order valence-corrected chi connectivity index (χ1v) is 11.4. The van der Waals surface area contributed by atoms with Gasteiger partial charge in [-0.15, -0.1) is 0 Å². The van der Waals surface area contributed by atoms with Crippen LogP contribution in [0.5, 0.6) is 5.75 Å². The van der Waals surface area contributed by atoms with Crippen LogP contribution in [0.3, 0.4) is 0 Å². The molecule has 0 saturated heterocycles. The number of hydrogen-bond donors (Lipinski definition) is 3. The molecule has 0 aliphatic carbocycles. The van der Waals surface area contributed by atoms with Crippen LogP contribution in [-0.2, 0) is 10.3 Å². The molecule has 2 aliphatic heterocycles. The molecule has 8 nitrogen and oxygen atoms in total. The molecule has 2 heterocycles. The number of carbonyl (C=O) groups is 1. The lowest BCUT2D eigenvalue weighted by Gasteiger charge is -2.42. The van der Waals surface area contributed by atoms with Crippen LogP contribution in [0.25, 0.3) is 5.57 Å². The summed E-state index contributed by atoms with van der Waals surface area (Å²) in [5, 5.41) is 20.1. The van der Waals surface area contributed by atoms with Crippen molar-refractivity contribution in [2.24, 2.45) is 10.4 Å². The quantitative estimate of drug-likeness (QED) is 0.342. The fourth-order valence-electron chi connectivity index (χ4n) is 4.22. The maximum Gasteiger partial charge on any atom is 0.416 e. The van der Waals surface area contributed by atoms with Gasteiger partial charge >= 0.3 is 12.4 Å². The predicted molar refractivity (Wildman–Crippen MR) is 122 cm³/mol. The molecule has 0 spiro atoms. The summed E-state index contributed by atoms with van der Waals surface area (Å²) in [6, 6.07) is 11.1. The van der Waals surface area contributed by atoms with Crippen molar-refractivity contribution >= 4 is 11.5 Å². The summed E-state index contributed by atoms with van der Waals surface area (Å²) in [6.45, 7) is 1.52. The van der Waals surface area contributed by atoms with Gasteiger partial charge in [0.15, 0.2) is 5.54 Å². The Morgan fingerprint density at radius 2 is 1.74 bits per heavy atom. The minimum atomic E-state index is -4.97. The van der Waals surface area contributed by atoms with Crippen molar-refractivity contribution in [2.45, 2.75) is 50.4 Å². The van der Waals surface area contributed by atoms with E-state index in [4.69, 9.17) is 4.74 Å². The zero-order valence-corrected chi connectivity index (χ0v) is 19.9. The van der Waals surface area contributed by atoms with E-state index in [1.165, 1.54) is 12.1 Å². The Morgan fingerprint density at radius 3 is 2.29 bits per heavy atom. The number of aliphatic hydroxyl groups is 1. The number of ether oxygens (including phenoxy) is 1. The second-order valence-corrected chi connectivity index (χ2v) is 8.86. The molecule has 38 heavy (non-hydrogen) atoms. The van der Waals surface area contributed by atoms with E-state index in [9.17, 15) is 36.2 Å². The van der Waals surface area contributed by atoms with E-state index < -0.39 is 43.0 Å². The highest BCUT2D eigenvalue weighted by Gasteiger charge is 2.60. The summed E-state index contributed by atoms with van der Waals surface area (Å²) in [5.41, 5.74) is -0.144. The van der Waals surface area contributed by atoms with Crippen molar-refractivity contribution in [2.75, 3.05) is 6.61 Å². The first kappa shape index (κ1) is 27.2. The van der Waals surface area contributed by atoms with Gasteiger partial charge in [0.05, 0.1) is 6.61 Å². The maximum absolute atomic E-state index is 14.8. The van der Waals surface area contributed by atoms with Crippen LogP contribution in [0.4, 0.5) is 26.3 Å². The van der Waals surface area contributed by atoms with Crippen LogP contribution in [0, 0.1) is 6.92 Å². The minimum absolute atomic E-state index is 0.0275.